The highest BCUT2D eigenvalue weighted by Crippen LogP contribution is 2.27. The molecule has 7 heteroatoms. The molecule has 96 valence electrons. The monoisotopic (exact) mass is 277 g/mol. The van der Waals surface area contributed by atoms with Crippen LogP contribution in [0, 0.1) is 13.8 Å². The van der Waals surface area contributed by atoms with Crippen LogP contribution >= 0.6 is 11.3 Å². The molecule has 1 aromatic heterocycles. The molecule has 0 atom stereocenters. The molecule has 0 saturated carbocycles. The molecule has 1 rings (SSSR count). The lowest BCUT2D eigenvalue weighted by Crippen LogP contribution is -2.29. The van der Waals surface area contributed by atoms with Crippen molar-refractivity contribution in [2.75, 3.05) is 13.6 Å². The van der Waals surface area contributed by atoms with Gasteiger partial charge in [-0.3, -0.25) is 4.79 Å². The van der Waals surface area contributed by atoms with Gasteiger partial charge in [-0.1, -0.05) is 0 Å². The van der Waals surface area contributed by atoms with Gasteiger partial charge < -0.3 is 5.11 Å². The zero-order valence-electron chi connectivity index (χ0n) is 9.93. The quantitative estimate of drug-likeness (QED) is 0.884. The smallest absolute Gasteiger partial charge is 0.304 e. The largest absolute Gasteiger partial charge is 0.481 e. The molecule has 0 radical (unpaired) electrons. The van der Waals surface area contributed by atoms with Crippen molar-refractivity contribution in [2.24, 2.45) is 0 Å². The Bertz CT molecular complexity index is 518. The summed E-state index contributed by atoms with van der Waals surface area (Å²) in [5, 5.41) is 8.54. The van der Waals surface area contributed by atoms with E-state index in [0.717, 1.165) is 14.1 Å². The molecular weight excluding hydrogens is 262 g/mol. The molecule has 0 fully saturated rings. The van der Waals surface area contributed by atoms with Gasteiger partial charge in [-0.25, -0.2) is 12.7 Å². The summed E-state index contributed by atoms with van der Waals surface area (Å²) >= 11 is 1.42. The number of carbonyl (C=O) groups is 1. The summed E-state index contributed by atoms with van der Waals surface area (Å²) in [7, 11) is -2.17. The number of sulfonamides is 1. The Kier molecular flexibility index (Phi) is 4.29. The number of hydrogen-bond donors (Lipinski definition) is 1. The number of nitrogens with zero attached hydrogens (tertiary/aromatic N) is 1. The van der Waals surface area contributed by atoms with Gasteiger partial charge in [0.15, 0.2) is 0 Å². The highest BCUT2D eigenvalue weighted by Gasteiger charge is 2.24. The maximum Gasteiger partial charge on any atom is 0.304 e. The molecule has 0 spiro atoms. The summed E-state index contributed by atoms with van der Waals surface area (Å²) in [6, 6.07) is 1.62. The van der Waals surface area contributed by atoms with Crippen LogP contribution in [0.4, 0.5) is 0 Å². The predicted octanol–water partition coefficient (Wildman–Crippen LogP) is 1.46. The molecule has 1 aromatic rings. The maximum atomic E-state index is 12.1. The van der Waals surface area contributed by atoms with E-state index < -0.39 is 16.0 Å². The third-order valence-electron chi connectivity index (χ3n) is 2.32. The lowest BCUT2D eigenvalue weighted by Gasteiger charge is -2.15. The van der Waals surface area contributed by atoms with Gasteiger partial charge in [0.25, 0.3) is 0 Å². The molecule has 0 amide bonds. The molecule has 0 aromatic carbocycles. The van der Waals surface area contributed by atoms with Gasteiger partial charge in [-0.2, -0.15) is 0 Å². The molecule has 17 heavy (non-hydrogen) atoms. The molecule has 0 saturated heterocycles. The summed E-state index contributed by atoms with van der Waals surface area (Å²) < 4.78 is 25.3. The Morgan fingerprint density at radius 2 is 2.06 bits per heavy atom. The molecule has 0 bridgehead atoms. The molecule has 0 aliphatic rings. The normalized spacial score (nSPS) is 12.0. The molecule has 5 nitrogen and oxygen atoms in total. The average Bonchev–Trinajstić information content (AvgIpc) is 2.54. The molecule has 1 heterocycles. The van der Waals surface area contributed by atoms with Gasteiger partial charge in [0, 0.05) is 23.3 Å². The second-order valence-electron chi connectivity index (χ2n) is 3.75. The zero-order chi connectivity index (χ0) is 13.2. The highest BCUT2D eigenvalue weighted by molar-refractivity contribution is 7.89. The van der Waals surface area contributed by atoms with E-state index in [-0.39, 0.29) is 17.9 Å². The van der Waals surface area contributed by atoms with Crippen molar-refractivity contribution in [2.45, 2.75) is 25.2 Å². The van der Waals surface area contributed by atoms with Gasteiger partial charge in [0.2, 0.25) is 10.0 Å². The summed E-state index contributed by atoms with van der Waals surface area (Å²) in [6.45, 7) is 3.57. The van der Waals surface area contributed by atoms with Crippen LogP contribution in [-0.4, -0.2) is 37.4 Å². The number of aliphatic carboxylic acids is 1. The predicted molar refractivity (Wildman–Crippen MR) is 65.9 cm³/mol. The topological polar surface area (TPSA) is 74.7 Å². The van der Waals surface area contributed by atoms with Crippen LogP contribution in [0.1, 0.15) is 16.2 Å². The van der Waals surface area contributed by atoms with Crippen molar-refractivity contribution >= 4 is 27.3 Å². The minimum absolute atomic E-state index is 0.0218. The van der Waals surface area contributed by atoms with Crippen LogP contribution < -0.4 is 0 Å². The van der Waals surface area contributed by atoms with Gasteiger partial charge >= 0.3 is 5.97 Å². The van der Waals surface area contributed by atoms with E-state index >= 15 is 0 Å². The Labute approximate surface area is 105 Å². The van der Waals surface area contributed by atoms with Crippen molar-refractivity contribution in [3.05, 3.63) is 15.8 Å². The number of rotatable bonds is 5. The van der Waals surface area contributed by atoms with Gasteiger partial charge in [0.05, 0.1) is 11.3 Å². The minimum Gasteiger partial charge on any atom is -0.481 e. The number of carboxylic acids is 1. The summed E-state index contributed by atoms with van der Waals surface area (Å²) in [4.78, 5) is 12.3. The van der Waals surface area contributed by atoms with Crippen LogP contribution in [0.15, 0.2) is 11.0 Å². The molecule has 0 unspecified atom stereocenters. The maximum absolute atomic E-state index is 12.1. The minimum atomic E-state index is -3.56. The fourth-order valence-corrected chi connectivity index (χ4v) is 4.10. The first-order valence-electron chi connectivity index (χ1n) is 5.00. The second kappa shape index (κ2) is 5.16. The standard InChI is InChI=1S/C10H15NO4S2/c1-7-6-9(8(2)16-7)17(14,15)11(3)5-4-10(12)13/h6H,4-5H2,1-3H3,(H,12,13). The lowest BCUT2D eigenvalue weighted by molar-refractivity contribution is -0.137. The van der Waals surface area contributed by atoms with E-state index in [9.17, 15) is 13.2 Å². The highest BCUT2D eigenvalue weighted by atomic mass is 32.2. The average molecular weight is 277 g/mol. The molecule has 1 N–H and O–H groups in total. The fraction of sp³-hybridized carbons (Fsp3) is 0.500. The van der Waals surface area contributed by atoms with Crippen molar-refractivity contribution in [1.29, 1.82) is 0 Å². The SMILES string of the molecule is Cc1cc(S(=O)(=O)N(C)CCC(=O)O)c(C)s1. The van der Waals surface area contributed by atoms with Gasteiger partial charge in [-0.15, -0.1) is 11.3 Å². The summed E-state index contributed by atoms with van der Waals surface area (Å²) in [6.07, 6.45) is -0.197. The number of thiophene rings is 1. The van der Waals surface area contributed by atoms with Crippen LogP contribution in [0.2, 0.25) is 0 Å². The van der Waals surface area contributed by atoms with Crippen molar-refractivity contribution in [3.63, 3.8) is 0 Å². The molecule has 0 aliphatic heterocycles. The zero-order valence-corrected chi connectivity index (χ0v) is 11.6. The lowest BCUT2D eigenvalue weighted by atomic mass is 10.4. The van der Waals surface area contributed by atoms with E-state index in [2.05, 4.69) is 0 Å². The number of aryl methyl sites for hydroxylation is 2. The van der Waals surface area contributed by atoms with E-state index in [1.807, 2.05) is 6.92 Å². The van der Waals surface area contributed by atoms with E-state index in [0.29, 0.717) is 0 Å². The Morgan fingerprint density at radius 3 is 2.47 bits per heavy atom. The van der Waals surface area contributed by atoms with E-state index in [1.54, 1.807) is 13.0 Å². The third kappa shape index (κ3) is 3.27. The van der Waals surface area contributed by atoms with E-state index in [1.165, 1.54) is 18.4 Å². The van der Waals surface area contributed by atoms with Crippen LogP contribution in [0.3, 0.4) is 0 Å². The van der Waals surface area contributed by atoms with Crippen LogP contribution in [0.25, 0.3) is 0 Å². The second-order valence-corrected chi connectivity index (χ2v) is 7.22. The summed E-state index contributed by atoms with van der Waals surface area (Å²) in [5.41, 5.74) is 0. The van der Waals surface area contributed by atoms with Gasteiger partial charge in [0.1, 0.15) is 0 Å². The molecule has 0 aliphatic carbocycles. The Hall–Kier alpha value is -0.920. The first-order valence-corrected chi connectivity index (χ1v) is 7.26. The summed E-state index contributed by atoms with van der Waals surface area (Å²) in [5.74, 6) is -1.01. The number of hydrogen-bond acceptors (Lipinski definition) is 4. The van der Waals surface area contributed by atoms with Crippen molar-refractivity contribution in [3.8, 4) is 0 Å². The Morgan fingerprint density at radius 1 is 1.47 bits per heavy atom. The fourth-order valence-electron chi connectivity index (χ4n) is 1.40. The first-order chi connectivity index (χ1) is 7.75. The van der Waals surface area contributed by atoms with E-state index in [4.69, 9.17) is 5.11 Å². The first kappa shape index (κ1) is 14.1. The Balaban J connectivity index is 2.95. The van der Waals surface area contributed by atoms with Crippen LogP contribution in [-0.2, 0) is 14.8 Å². The van der Waals surface area contributed by atoms with Crippen molar-refractivity contribution < 1.29 is 18.3 Å². The third-order valence-corrected chi connectivity index (χ3v) is 5.40. The number of carboxylic acid groups (broad SMARTS) is 1. The van der Waals surface area contributed by atoms with Gasteiger partial charge in [-0.05, 0) is 19.9 Å². The van der Waals surface area contributed by atoms with Crippen molar-refractivity contribution in [1.82, 2.24) is 4.31 Å². The molecular formula is C10H15NO4S2. The van der Waals surface area contributed by atoms with Crippen LogP contribution in [0.5, 0.6) is 0 Å².